The molecule has 1 aliphatic rings. The van der Waals surface area contributed by atoms with Crippen molar-refractivity contribution in [2.75, 3.05) is 5.32 Å². The molecule has 2 rings (SSSR count). The second kappa shape index (κ2) is 6.42. The Morgan fingerprint density at radius 2 is 2.21 bits per heavy atom. The zero-order valence-electron chi connectivity index (χ0n) is 11.6. The third kappa shape index (κ3) is 3.60. The fraction of sp³-hybridized carbons (Fsp3) is 0.600. The van der Waals surface area contributed by atoms with E-state index in [9.17, 15) is 5.26 Å². The molecule has 2 unspecified atom stereocenters. The maximum Gasteiger partial charge on any atom is 0.237 e. The van der Waals surface area contributed by atoms with Crippen molar-refractivity contribution < 1.29 is 4.74 Å². The van der Waals surface area contributed by atoms with Gasteiger partial charge in [-0.1, -0.05) is 12.8 Å². The van der Waals surface area contributed by atoms with Gasteiger partial charge in [-0.2, -0.15) is 5.26 Å². The van der Waals surface area contributed by atoms with Gasteiger partial charge >= 0.3 is 0 Å². The lowest BCUT2D eigenvalue weighted by Crippen LogP contribution is -2.31. The third-order valence-electron chi connectivity index (χ3n) is 3.39. The second-order valence-corrected chi connectivity index (χ2v) is 5.29. The Morgan fingerprint density at radius 1 is 1.42 bits per heavy atom. The van der Waals surface area contributed by atoms with Crippen molar-refractivity contribution >= 4 is 5.69 Å². The van der Waals surface area contributed by atoms with Crippen molar-refractivity contribution in [3.05, 3.63) is 18.3 Å². The van der Waals surface area contributed by atoms with Crippen LogP contribution in [0.25, 0.3) is 0 Å². The van der Waals surface area contributed by atoms with Crippen molar-refractivity contribution in [1.29, 1.82) is 5.26 Å². The molecule has 1 saturated carbocycles. The molecule has 1 aromatic rings. The molecule has 0 radical (unpaired) electrons. The number of hydrogen-bond acceptors (Lipinski definition) is 4. The van der Waals surface area contributed by atoms with Gasteiger partial charge < -0.3 is 10.1 Å². The average molecular weight is 259 g/mol. The van der Waals surface area contributed by atoms with Crippen LogP contribution in [-0.4, -0.2) is 17.1 Å². The molecule has 4 nitrogen and oxygen atoms in total. The molecular formula is C15H21N3O. The van der Waals surface area contributed by atoms with Crippen LogP contribution < -0.4 is 10.1 Å². The first-order chi connectivity index (χ1) is 9.20. The van der Waals surface area contributed by atoms with E-state index in [1.54, 1.807) is 6.20 Å². The maximum absolute atomic E-state index is 9.22. The normalized spacial score (nSPS) is 22.8. The SMILES string of the molecule is CC(C)Oc1ncccc1NC1CCCCC1C#N. The van der Waals surface area contributed by atoms with Gasteiger partial charge in [0.15, 0.2) is 0 Å². The summed E-state index contributed by atoms with van der Waals surface area (Å²) >= 11 is 0. The van der Waals surface area contributed by atoms with Crippen LogP contribution >= 0.6 is 0 Å². The summed E-state index contributed by atoms with van der Waals surface area (Å²) in [5.41, 5.74) is 0.892. The summed E-state index contributed by atoms with van der Waals surface area (Å²) in [6, 6.07) is 6.47. The predicted molar refractivity (Wildman–Crippen MR) is 75.0 cm³/mol. The minimum atomic E-state index is 0.0841. The third-order valence-corrected chi connectivity index (χ3v) is 3.39. The summed E-state index contributed by atoms with van der Waals surface area (Å²) < 4.78 is 5.70. The molecule has 1 fully saturated rings. The molecule has 2 atom stereocenters. The van der Waals surface area contributed by atoms with E-state index >= 15 is 0 Å². The van der Waals surface area contributed by atoms with Gasteiger partial charge in [0.2, 0.25) is 5.88 Å². The summed E-state index contributed by atoms with van der Waals surface area (Å²) in [6.45, 7) is 3.97. The zero-order chi connectivity index (χ0) is 13.7. The highest BCUT2D eigenvalue weighted by Crippen LogP contribution is 2.30. The summed E-state index contributed by atoms with van der Waals surface area (Å²) in [5.74, 6) is 0.709. The first-order valence-corrected chi connectivity index (χ1v) is 6.98. The van der Waals surface area contributed by atoms with Crippen molar-refractivity contribution in [3.63, 3.8) is 0 Å². The van der Waals surface area contributed by atoms with E-state index in [1.165, 1.54) is 6.42 Å². The van der Waals surface area contributed by atoms with Crippen molar-refractivity contribution in [2.24, 2.45) is 5.92 Å². The minimum Gasteiger partial charge on any atom is -0.473 e. The summed E-state index contributed by atoms with van der Waals surface area (Å²) in [6.07, 6.45) is 6.16. The molecule has 1 aromatic heterocycles. The van der Waals surface area contributed by atoms with Crippen molar-refractivity contribution in [1.82, 2.24) is 4.98 Å². The second-order valence-electron chi connectivity index (χ2n) is 5.29. The Balaban J connectivity index is 2.11. The number of ether oxygens (including phenoxy) is 1. The topological polar surface area (TPSA) is 57.9 Å². The fourth-order valence-corrected chi connectivity index (χ4v) is 2.48. The van der Waals surface area contributed by atoms with E-state index < -0.39 is 0 Å². The first kappa shape index (κ1) is 13.7. The molecule has 1 heterocycles. The number of hydrogen-bond donors (Lipinski definition) is 1. The highest BCUT2D eigenvalue weighted by Gasteiger charge is 2.25. The predicted octanol–water partition coefficient (Wildman–Crippen LogP) is 3.36. The van der Waals surface area contributed by atoms with Crippen LogP contribution in [0.3, 0.4) is 0 Å². The van der Waals surface area contributed by atoms with Crippen LogP contribution in [0.4, 0.5) is 5.69 Å². The van der Waals surface area contributed by atoms with Gasteiger partial charge in [0, 0.05) is 12.2 Å². The quantitative estimate of drug-likeness (QED) is 0.900. The zero-order valence-corrected chi connectivity index (χ0v) is 11.6. The Morgan fingerprint density at radius 3 is 2.95 bits per heavy atom. The lowest BCUT2D eigenvalue weighted by Gasteiger charge is -2.29. The van der Waals surface area contributed by atoms with E-state index in [2.05, 4.69) is 16.4 Å². The van der Waals surface area contributed by atoms with E-state index in [0.717, 1.165) is 24.9 Å². The standard InChI is InChI=1S/C15H21N3O/c1-11(2)19-15-14(8-5-9-17-15)18-13-7-4-3-6-12(13)10-16/h5,8-9,11-13,18H,3-4,6-7H2,1-2H3. The number of nitriles is 1. The van der Waals surface area contributed by atoms with E-state index in [4.69, 9.17) is 4.74 Å². The van der Waals surface area contributed by atoms with Crippen molar-refractivity contribution in [2.45, 2.75) is 51.7 Å². The molecule has 0 aliphatic heterocycles. The van der Waals surface area contributed by atoms with E-state index in [0.29, 0.717) is 5.88 Å². The molecule has 0 spiro atoms. The minimum absolute atomic E-state index is 0.0841. The number of aromatic nitrogens is 1. The molecule has 0 amide bonds. The summed E-state index contributed by atoms with van der Waals surface area (Å²) in [4.78, 5) is 4.27. The molecule has 102 valence electrons. The maximum atomic E-state index is 9.22. The first-order valence-electron chi connectivity index (χ1n) is 6.98. The van der Waals surface area contributed by atoms with E-state index in [-0.39, 0.29) is 18.1 Å². The molecule has 19 heavy (non-hydrogen) atoms. The molecule has 1 N–H and O–H groups in total. The monoisotopic (exact) mass is 259 g/mol. The Bertz CT molecular complexity index is 453. The van der Waals surface area contributed by atoms with Crippen LogP contribution in [0, 0.1) is 17.2 Å². The Kier molecular flexibility index (Phi) is 4.62. The van der Waals surface area contributed by atoms with Gasteiger partial charge in [-0.15, -0.1) is 0 Å². The van der Waals surface area contributed by atoms with Gasteiger partial charge in [-0.3, -0.25) is 0 Å². The summed E-state index contributed by atoms with van der Waals surface area (Å²) in [5, 5.41) is 12.7. The van der Waals surface area contributed by atoms with Crippen molar-refractivity contribution in [3.8, 4) is 11.9 Å². The highest BCUT2D eigenvalue weighted by molar-refractivity contribution is 5.53. The molecule has 0 aromatic carbocycles. The van der Waals surface area contributed by atoms with Gasteiger partial charge in [0.05, 0.1) is 23.8 Å². The van der Waals surface area contributed by atoms with Crippen LogP contribution in [0.5, 0.6) is 5.88 Å². The van der Waals surface area contributed by atoms with Gasteiger partial charge in [0.25, 0.3) is 0 Å². The largest absolute Gasteiger partial charge is 0.473 e. The lowest BCUT2D eigenvalue weighted by molar-refractivity contribution is 0.233. The number of nitrogens with zero attached hydrogens (tertiary/aromatic N) is 2. The molecule has 1 aliphatic carbocycles. The summed E-state index contributed by atoms with van der Waals surface area (Å²) in [7, 11) is 0. The number of pyridine rings is 1. The smallest absolute Gasteiger partial charge is 0.237 e. The van der Waals surface area contributed by atoms with Crippen LogP contribution in [0.2, 0.25) is 0 Å². The van der Waals surface area contributed by atoms with E-state index in [1.807, 2.05) is 26.0 Å². The van der Waals surface area contributed by atoms with Gasteiger partial charge in [-0.05, 0) is 38.8 Å². The molecule has 0 bridgehead atoms. The number of anilines is 1. The average Bonchev–Trinajstić information content (AvgIpc) is 2.41. The van der Waals surface area contributed by atoms with Crippen LogP contribution in [0.1, 0.15) is 39.5 Å². The van der Waals surface area contributed by atoms with Crippen LogP contribution in [-0.2, 0) is 0 Å². The molecule has 4 heteroatoms. The fourth-order valence-electron chi connectivity index (χ4n) is 2.48. The number of rotatable bonds is 4. The molecule has 0 saturated heterocycles. The van der Waals surface area contributed by atoms with Gasteiger partial charge in [0.1, 0.15) is 0 Å². The Hall–Kier alpha value is -1.76. The molecular weight excluding hydrogens is 238 g/mol. The lowest BCUT2D eigenvalue weighted by atomic mass is 9.85. The van der Waals surface area contributed by atoms with Gasteiger partial charge in [-0.25, -0.2) is 4.98 Å². The van der Waals surface area contributed by atoms with Crippen LogP contribution in [0.15, 0.2) is 18.3 Å². The highest BCUT2D eigenvalue weighted by atomic mass is 16.5. The Labute approximate surface area is 114 Å². The number of nitrogens with one attached hydrogen (secondary N) is 1.